The van der Waals surface area contributed by atoms with Gasteiger partial charge in [-0.25, -0.2) is 4.98 Å². The van der Waals surface area contributed by atoms with Crippen molar-refractivity contribution in [3.8, 4) is 5.75 Å². The molecule has 0 spiro atoms. The van der Waals surface area contributed by atoms with Crippen LogP contribution in [-0.2, 0) is 16.7 Å². The van der Waals surface area contributed by atoms with Crippen LogP contribution in [0.25, 0.3) is 11.0 Å². The zero-order valence-corrected chi connectivity index (χ0v) is 16.0. The van der Waals surface area contributed by atoms with E-state index in [-0.39, 0.29) is 11.5 Å². The van der Waals surface area contributed by atoms with Gasteiger partial charge in [0, 0.05) is 16.1 Å². The van der Waals surface area contributed by atoms with E-state index in [0.717, 1.165) is 22.4 Å². The van der Waals surface area contributed by atoms with Gasteiger partial charge in [0.2, 0.25) is 0 Å². The average molecular weight is 399 g/mol. The number of aryl methyl sites for hydroxylation is 1. The third-order valence-electron chi connectivity index (χ3n) is 3.82. The molecule has 1 heterocycles. The van der Waals surface area contributed by atoms with Crippen LogP contribution >= 0.6 is 23.2 Å². The van der Waals surface area contributed by atoms with Gasteiger partial charge in [-0.3, -0.25) is 0 Å². The fraction of sp³-hybridized carbons (Fsp3) is 0.235. The van der Waals surface area contributed by atoms with Gasteiger partial charge in [-0.15, -0.1) is 0 Å². The maximum Gasteiger partial charge on any atom is 0.308 e. The molecule has 5 nitrogen and oxygen atoms in total. The summed E-state index contributed by atoms with van der Waals surface area (Å²) in [4.78, 5) is 4.50. The Morgan fingerprint density at radius 1 is 1.16 bits per heavy atom. The normalized spacial score (nSPS) is 11.8. The van der Waals surface area contributed by atoms with E-state index in [0.29, 0.717) is 16.6 Å². The summed E-state index contributed by atoms with van der Waals surface area (Å²) in [7, 11) is -3.59. The monoisotopic (exact) mass is 398 g/mol. The van der Waals surface area contributed by atoms with Gasteiger partial charge in [0.1, 0.15) is 11.6 Å². The predicted molar refractivity (Wildman–Crippen MR) is 100 cm³/mol. The molecule has 25 heavy (non-hydrogen) atoms. The van der Waals surface area contributed by atoms with Crippen LogP contribution in [0, 0.1) is 6.92 Å². The highest BCUT2D eigenvalue weighted by molar-refractivity contribution is 7.87. The van der Waals surface area contributed by atoms with Crippen LogP contribution < -0.4 is 4.18 Å². The van der Waals surface area contributed by atoms with E-state index in [9.17, 15) is 8.42 Å². The van der Waals surface area contributed by atoms with E-state index in [4.69, 9.17) is 27.4 Å². The van der Waals surface area contributed by atoms with E-state index in [1.54, 1.807) is 36.4 Å². The van der Waals surface area contributed by atoms with Gasteiger partial charge in [-0.2, -0.15) is 8.42 Å². The molecule has 0 amide bonds. The molecule has 0 unspecified atom stereocenters. The van der Waals surface area contributed by atoms with E-state index in [1.807, 2.05) is 11.5 Å². The van der Waals surface area contributed by atoms with Gasteiger partial charge in [0.05, 0.1) is 23.3 Å². The molecule has 0 radical (unpaired) electrons. The molecule has 1 aromatic heterocycles. The minimum atomic E-state index is -3.59. The molecule has 0 saturated heterocycles. The zero-order chi connectivity index (χ0) is 18.2. The second kappa shape index (κ2) is 6.86. The Hall–Kier alpha value is -1.76. The summed E-state index contributed by atoms with van der Waals surface area (Å²) in [5.41, 5.74) is 2.36. The lowest BCUT2D eigenvalue weighted by Crippen LogP contribution is -2.11. The first kappa shape index (κ1) is 18.0. The molecule has 0 N–H and O–H groups in total. The predicted octanol–water partition coefficient (Wildman–Crippen LogP) is 4.43. The lowest BCUT2D eigenvalue weighted by molar-refractivity contribution is 0.488. The third-order valence-corrected chi connectivity index (χ3v) is 5.58. The SMILES string of the molecule is CCS(=O)(=O)Oc1ccc2nc(C)n(Cc3cc(Cl)ccc3Cl)c2c1. The van der Waals surface area contributed by atoms with Crippen LogP contribution in [-0.4, -0.2) is 23.7 Å². The van der Waals surface area contributed by atoms with E-state index < -0.39 is 10.1 Å². The number of rotatable bonds is 5. The van der Waals surface area contributed by atoms with Gasteiger partial charge in [-0.05, 0) is 49.7 Å². The number of imidazole rings is 1. The number of aromatic nitrogens is 2. The van der Waals surface area contributed by atoms with Crippen LogP contribution in [0.2, 0.25) is 10.0 Å². The Balaban J connectivity index is 2.05. The molecular weight excluding hydrogens is 383 g/mol. The summed E-state index contributed by atoms with van der Waals surface area (Å²) >= 11 is 12.3. The van der Waals surface area contributed by atoms with E-state index in [2.05, 4.69) is 4.98 Å². The topological polar surface area (TPSA) is 61.2 Å². The maximum atomic E-state index is 11.7. The lowest BCUT2D eigenvalue weighted by atomic mass is 10.2. The van der Waals surface area contributed by atoms with Crippen molar-refractivity contribution in [3.63, 3.8) is 0 Å². The summed E-state index contributed by atoms with van der Waals surface area (Å²) in [6, 6.07) is 10.3. The molecule has 0 atom stereocenters. The van der Waals surface area contributed by atoms with Gasteiger partial charge < -0.3 is 8.75 Å². The summed E-state index contributed by atoms with van der Waals surface area (Å²) in [6.45, 7) is 3.87. The second-order valence-electron chi connectivity index (χ2n) is 5.56. The molecule has 132 valence electrons. The van der Waals surface area contributed by atoms with E-state index in [1.165, 1.54) is 6.92 Å². The summed E-state index contributed by atoms with van der Waals surface area (Å²) in [5, 5.41) is 1.20. The first-order chi connectivity index (χ1) is 11.8. The van der Waals surface area contributed by atoms with Crippen molar-refractivity contribution in [2.24, 2.45) is 0 Å². The van der Waals surface area contributed by atoms with Crippen molar-refractivity contribution in [3.05, 3.63) is 57.8 Å². The van der Waals surface area contributed by atoms with Crippen LogP contribution in [0.4, 0.5) is 0 Å². The van der Waals surface area contributed by atoms with Crippen LogP contribution in [0.15, 0.2) is 36.4 Å². The van der Waals surface area contributed by atoms with Gasteiger partial charge in [0.15, 0.2) is 0 Å². The van der Waals surface area contributed by atoms with Crippen molar-refractivity contribution in [2.45, 2.75) is 20.4 Å². The lowest BCUT2D eigenvalue weighted by Gasteiger charge is -2.10. The number of nitrogens with zero attached hydrogens (tertiary/aromatic N) is 2. The summed E-state index contributed by atoms with van der Waals surface area (Å²) in [6.07, 6.45) is 0. The Morgan fingerprint density at radius 2 is 1.92 bits per heavy atom. The molecule has 3 rings (SSSR count). The Morgan fingerprint density at radius 3 is 2.64 bits per heavy atom. The van der Waals surface area contributed by atoms with Crippen molar-refractivity contribution in [1.29, 1.82) is 0 Å². The quantitative estimate of drug-likeness (QED) is 0.596. The highest BCUT2D eigenvalue weighted by Gasteiger charge is 2.14. The number of benzene rings is 2. The summed E-state index contributed by atoms with van der Waals surface area (Å²) in [5.74, 6) is 0.941. The Bertz CT molecular complexity index is 1050. The van der Waals surface area contributed by atoms with Gasteiger partial charge >= 0.3 is 10.1 Å². The molecule has 0 fully saturated rings. The first-order valence-electron chi connectivity index (χ1n) is 7.62. The molecule has 2 aromatic carbocycles. The summed E-state index contributed by atoms with van der Waals surface area (Å²) < 4.78 is 30.4. The largest absolute Gasteiger partial charge is 0.382 e. The molecule has 0 aliphatic heterocycles. The van der Waals surface area contributed by atoms with Crippen molar-refractivity contribution in [1.82, 2.24) is 9.55 Å². The molecule has 3 aromatic rings. The first-order valence-corrected chi connectivity index (χ1v) is 9.95. The molecule has 0 saturated carbocycles. The Kier molecular flexibility index (Phi) is 4.95. The average Bonchev–Trinajstić information content (AvgIpc) is 2.86. The van der Waals surface area contributed by atoms with Crippen LogP contribution in [0.5, 0.6) is 5.75 Å². The number of hydrogen-bond acceptors (Lipinski definition) is 4. The minimum Gasteiger partial charge on any atom is -0.382 e. The van der Waals surface area contributed by atoms with E-state index >= 15 is 0 Å². The standard InChI is InChI=1S/C17H16Cl2N2O3S/c1-3-25(22,23)24-14-5-7-16-17(9-14)21(11(2)20-16)10-12-8-13(18)4-6-15(12)19/h4-9H,3,10H2,1-2H3. The Labute approximate surface area is 156 Å². The van der Waals surface area contributed by atoms with Crippen molar-refractivity contribution in [2.75, 3.05) is 5.75 Å². The van der Waals surface area contributed by atoms with Crippen LogP contribution in [0.1, 0.15) is 18.3 Å². The van der Waals surface area contributed by atoms with Crippen molar-refractivity contribution < 1.29 is 12.6 Å². The van der Waals surface area contributed by atoms with Crippen molar-refractivity contribution >= 4 is 44.4 Å². The minimum absolute atomic E-state index is 0.0958. The highest BCUT2D eigenvalue weighted by Crippen LogP contribution is 2.27. The molecule has 0 aliphatic carbocycles. The highest BCUT2D eigenvalue weighted by atomic mass is 35.5. The maximum absolute atomic E-state index is 11.7. The second-order valence-corrected chi connectivity index (χ2v) is 8.26. The third kappa shape index (κ3) is 3.92. The van der Waals surface area contributed by atoms with Gasteiger partial charge in [0.25, 0.3) is 0 Å². The van der Waals surface area contributed by atoms with Gasteiger partial charge in [-0.1, -0.05) is 23.2 Å². The molecular formula is C17H16Cl2N2O3S. The fourth-order valence-corrected chi connectivity index (χ4v) is 3.40. The zero-order valence-electron chi connectivity index (χ0n) is 13.7. The molecule has 0 bridgehead atoms. The molecule has 8 heteroatoms. The number of hydrogen-bond donors (Lipinski definition) is 0. The number of fused-ring (bicyclic) bond motifs is 1. The smallest absolute Gasteiger partial charge is 0.308 e. The number of halogens is 2. The molecule has 0 aliphatic rings. The fourth-order valence-electron chi connectivity index (χ4n) is 2.51. The van der Waals surface area contributed by atoms with Crippen LogP contribution in [0.3, 0.4) is 0 Å².